The molecule has 0 bridgehead atoms. The molecule has 0 aromatic heterocycles. The van der Waals surface area contributed by atoms with Gasteiger partial charge in [-0.2, -0.15) is 13.2 Å². The highest BCUT2D eigenvalue weighted by Crippen LogP contribution is 2.19. The van der Waals surface area contributed by atoms with E-state index in [9.17, 15) is 31.2 Å². The van der Waals surface area contributed by atoms with E-state index < -0.39 is 28.0 Å². The second kappa shape index (κ2) is 6.12. The van der Waals surface area contributed by atoms with Crippen molar-refractivity contribution in [1.82, 2.24) is 4.72 Å². The molecule has 0 unspecified atom stereocenters. The molecule has 0 saturated heterocycles. The van der Waals surface area contributed by atoms with Crippen LogP contribution < -0.4 is 10.0 Å². The molecule has 1 aromatic rings. The minimum atomic E-state index is -5.04. The van der Waals surface area contributed by atoms with Crippen LogP contribution in [0.15, 0.2) is 29.2 Å². The lowest BCUT2D eigenvalue weighted by atomic mass is 10.3. The van der Waals surface area contributed by atoms with Gasteiger partial charge in [0.25, 0.3) is 10.0 Å². The van der Waals surface area contributed by atoms with Gasteiger partial charge in [0, 0.05) is 12.1 Å². The van der Waals surface area contributed by atoms with Gasteiger partial charge in [-0.1, -0.05) is 6.92 Å². The highest BCUT2D eigenvalue weighted by molar-refractivity contribution is 7.90. The van der Waals surface area contributed by atoms with Crippen molar-refractivity contribution >= 4 is 27.5 Å². The smallest absolute Gasteiger partial charge is 0.318 e. The number of carbonyl (C=O) groups excluding carboxylic acids is 2. The first-order chi connectivity index (χ1) is 9.56. The Morgan fingerprint density at radius 1 is 1.14 bits per heavy atom. The molecular formula is C11H11F3N2O4S. The van der Waals surface area contributed by atoms with E-state index in [-0.39, 0.29) is 17.0 Å². The van der Waals surface area contributed by atoms with Crippen LogP contribution in [-0.4, -0.2) is 26.4 Å². The van der Waals surface area contributed by atoms with Gasteiger partial charge in [-0.15, -0.1) is 0 Å². The van der Waals surface area contributed by atoms with E-state index in [1.54, 1.807) is 10.0 Å². The predicted molar refractivity (Wildman–Crippen MR) is 66.7 cm³/mol. The maximum atomic E-state index is 12.0. The van der Waals surface area contributed by atoms with Gasteiger partial charge in [0.2, 0.25) is 5.91 Å². The molecule has 0 heterocycles. The Hall–Kier alpha value is -2.10. The highest BCUT2D eigenvalue weighted by atomic mass is 32.2. The fraction of sp³-hybridized carbons (Fsp3) is 0.273. The van der Waals surface area contributed by atoms with Gasteiger partial charge < -0.3 is 5.32 Å². The molecule has 0 aliphatic rings. The van der Waals surface area contributed by atoms with Crippen LogP contribution in [-0.2, 0) is 19.6 Å². The molecule has 0 saturated carbocycles. The van der Waals surface area contributed by atoms with E-state index in [1.807, 2.05) is 0 Å². The lowest BCUT2D eigenvalue weighted by Gasteiger charge is -2.09. The van der Waals surface area contributed by atoms with E-state index in [0.717, 1.165) is 24.3 Å². The summed E-state index contributed by atoms with van der Waals surface area (Å²) in [4.78, 5) is 21.4. The maximum Gasteiger partial charge on any atom is 0.471 e. The van der Waals surface area contributed by atoms with Crippen LogP contribution in [0.5, 0.6) is 0 Å². The number of sulfonamides is 1. The van der Waals surface area contributed by atoms with E-state index in [1.165, 1.54) is 6.92 Å². The average Bonchev–Trinajstić information content (AvgIpc) is 2.37. The normalized spacial score (nSPS) is 11.8. The number of hydrogen-bond acceptors (Lipinski definition) is 4. The van der Waals surface area contributed by atoms with Crippen molar-refractivity contribution in [2.24, 2.45) is 0 Å². The third-order valence-corrected chi connectivity index (χ3v) is 3.64. The molecule has 0 spiro atoms. The van der Waals surface area contributed by atoms with E-state index in [4.69, 9.17) is 0 Å². The van der Waals surface area contributed by atoms with Crippen LogP contribution in [0.25, 0.3) is 0 Å². The predicted octanol–water partition coefficient (Wildman–Crippen LogP) is 1.40. The number of anilines is 1. The molecular weight excluding hydrogens is 313 g/mol. The quantitative estimate of drug-likeness (QED) is 0.876. The first-order valence-corrected chi connectivity index (χ1v) is 7.08. The summed E-state index contributed by atoms with van der Waals surface area (Å²) < 4.78 is 61.3. The first kappa shape index (κ1) is 17.0. The third-order valence-electron chi connectivity index (χ3n) is 2.25. The fourth-order valence-corrected chi connectivity index (χ4v) is 2.26. The first-order valence-electron chi connectivity index (χ1n) is 5.60. The lowest BCUT2D eigenvalue weighted by molar-refractivity contribution is -0.167. The summed E-state index contributed by atoms with van der Waals surface area (Å²) in [7, 11) is -4.08. The van der Waals surface area contributed by atoms with Crippen LogP contribution >= 0.6 is 0 Å². The molecule has 10 heteroatoms. The molecule has 1 rings (SSSR count). The Kier molecular flexibility index (Phi) is 4.94. The molecule has 116 valence electrons. The number of halogens is 3. The minimum Gasteiger partial charge on any atom is -0.318 e. The zero-order valence-corrected chi connectivity index (χ0v) is 11.5. The summed E-state index contributed by atoms with van der Waals surface area (Å²) in [6.07, 6.45) is -5.08. The van der Waals surface area contributed by atoms with E-state index in [0.29, 0.717) is 0 Å². The maximum absolute atomic E-state index is 12.0. The van der Waals surface area contributed by atoms with E-state index in [2.05, 4.69) is 0 Å². The van der Waals surface area contributed by atoms with Crippen LogP contribution in [0, 0.1) is 0 Å². The zero-order valence-electron chi connectivity index (χ0n) is 10.7. The molecule has 2 N–H and O–H groups in total. The van der Waals surface area contributed by atoms with Gasteiger partial charge in [0.1, 0.15) is 0 Å². The van der Waals surface area contributed by atoms with Crippen LogP contribution in [0.1, 0.15) is 13.3 Å². The van der Waals surface area contributed by atoms with Crippen molar-refractivity contribution in [3.63, 3.8) is 0 Å². The monoisotopic (exact) mass is 324 g/mol. The molecule has 0 radical (unpaired) electrons. The standard InChI is InChI=1S/C11H11F3N2O4S/c1-2-9(17)16-21(19,20)8-5-3-7(4-6-8)15-10(18)11(12,13)14/h3-6H,2H2,1H3,(H,15,18)(H,16,17). The van der Waals surface area contributed by atoms with E-state index >= 15 is 0 Å². The van der Waals surface area contributed by atoms with Gasteiger partial charge in [0.15, 0.2) is 0 Å². The molecule has 0 aliphatic heterocycles. The van der Waals surface area contributed by atoms with Crippen molar-refractivity contribution in [2.75, 3.05) is 5.32 Å². The Morgan fingerprint density at radius 2 is 1.67 bits per heavy atom. The number of hydrogen-bond donors (Lipinski definition) is 2. The summed E-state index contributed by atoms with van der Waals surface area (Å²) in [5.41, 5.74) is -0.224. The summed E-state index contributed by atoms with van der Waals surface area (Å²) >= 11 is 0. The second-order valence-corrected chi connectivity index (χ2v) is 5.54. The van der Waals surface area contributed by atoms with Gasteiger partial charge in [-0.3, -0.25) is 9.59 Å². The van der Waals surface area contributed by atoms with Crippen molar-refractivity contribution in [1.29, 1.82) is 0 Å². The topological polar surface area (TPSA) is 92.3 Å². The minimum absolute atomic E-state index is 0.0427. The number of benzene rings is 1. The number of nitrogens with one attached hydrogen (secondary N) is 2. The van der Waals surface area contributed by atoms with Crippen LogP contribution in [0.4, 0.5) is 18.9 Å². The molecule has 2 amide bonds. The van der Waals surface area contributed by atoms with Gasteiger partial charge in [-0.25, -0.2) is 13.1 Å². The summed E-state index contributed by atoms with van der Waals surface area (Å²) in [6, 6.07) is 3.90. The average molecular weight is 324 g/mol. The van der Waals surface area contributed by atoms with Crippen molar-refractivity contribution in [3.8, 4) is 0 Å². The Bertz CT molecular complexity index is 638. The molecule has 1 aromatic carbocycles. The SMILES string of the molecule is CCC(=O)NS(=O)(=O)c1ccc(NC(=O)C(F)(F)F)cc1. The molecule has 6 nitrogen and oxygen atoms in total. The van der Waals surface area contributed by atoms with Crippen molar-refractivity contribution in [3.05, 3.63) is 24.3 Å². The summed E-state index contributed by atoms with van der Waals surface area (Å²) in [5.74, 6) is -2.89. The van der Waals surface area contributed by atoms with Gasteiger partial charge >= 0.3 is 12.1 Å². The largest absolute Gasteiger partial charge is 0.471 e. The van der Waals surface area contributed by atoms with Crippen molar-refractivity contribution < 1.29 is 31.2 Å². The number of carbonyl (C=O) groups is 2. The number of amides is 2. The second-order valence-electron chi connectivity index (χ2n) is 3.86. The molecule has 0 aliphatic carbocycles. The van der Waals surface area contributed by atoms with Gasteiger partial charge in [0.05, 0.1) is 4.90 Å². The highest BCUT2D eigenvalue weighted by Gasteiger charge is 2.38. The fourth-order valence-electron chi connectivity index (χ4n) is 1.20. The molecule has 21 heavy (non-hydrogen) atoms. The number of alkyl halides is 3. The van der Waals surface area contributed by atoms with Gasteiger partial charge in [-0.05, 0) is 24.3 Å². The van der Waals surface area contributed by atoms with Crippen LogP contribution in [0.3, 0.4) is 0 Å². The third kappa shape index (κ3) is 4.74. The molecule has 0 atom stereocenters. The summed E-state index contributed by atoms with van der Waals surface area (Å²) in [5, 5.41) is 1.57. The molecule has 0 fully saturated rings. The van der Waals surface area contributed by atoms with Crippen LogP contribution in [0.2, 0.25) is 0 Å². The summed E-state index contributed by atoms with van der Waals surface area (Å²) in [6.45, 7) is 1.46. The Morgan fingerprint density at radius 3 is 2.10 bits per heavy atom. The number of rotatable bonds is 4. The van der Waals surface area contributed by atoms with Crippen molar-refractivity contribution in [2.45, 2.75) is 24.4 Å². The zero-order chi connectivity index (χ0) is 16.3. The Labute approximate surface area is 118 Å². The lowest BCUT2D eigenvalue weighted by Crippen LogP contribution is -2.30. The Balaban J connectivity index is 2.88.